The van der Waals surface area contributed by atoms with Crippen molar-refractivity contribution in [1.82, 2.24) is 9.88 Å². The lowest BCUT2D eigenvalue weighted by atomic mass is 9.97. The van der Waals surface area contributed by atoms with Gasteiger partial charge in [-0.05, 0) is 19.8 Å². The molecule has 1 aromatic heterocycles. The number of amides is 1. The van der Waals surface area contributed by atoms with Gasteiger partial charge in [0.1, 0.15) is 10.7 Å². The average Bonchev–Trinajstić information content (AvgIpc) is 2.83. The number of hydrogen-bond acceptors (Lipinski definition) is 5. The zero-order valence-electron chi connectivity index (χ0n) is 10.2. The molecule has 0 aromatic carbocycles. The van der Waals surface area contributed by atoms with Gasteiger partial charge in [0.25, 0.3) is 5.91 Å². The number of nitrogens with zero attached hydrogens (tertiary/aromatic N) is 3. The van der Waals surface area contributed by atoms with E-state index in [1.54, 1.807) is 10.4 Å². The molecular formula is C11H16N4O2S. The first kappa shape index (κ1) is 12.8. The van der Waals surface area contributed by atoms with Crippen LogP contribution in [0.15, 0.2) is 10.7 Å². The van der Waals surface area contributed by atoms with Crippen LogP contribution in [0.4, 0.5) is 0 Å². The van der Waals surface area contributed by atoms with Crippen LogP contribution in [0, 0.1) is 12.8 Å². The predicted molar refractivity (Wildman–Crippen MR) is 68.9 cm³/mol. The number of carbonyl (C=O) groups is 1. The summed E-state index contributed by atoms with van der Waals surface area (Å²) in [7, 11) is 0. The molecule has 1 aromatic rings. The zero-order chi connectivity index (χ0) is 13.1. The van der Waals surface area contributed by atoms with E-state index in [1.165, 1.54) is 11.3 Å². The molecule has 2 heterocycles. The number of aromatic nitrogens is 1. The van der Waals surface area contributed by atoms with E-state index < -0.39 is 0 Å². The molecule has 18 heavy (non-hydrogen) atoms. The summed E-state index contributed by atoms with van der Waals surface area (Å²) in [5.74, 6) is 0.139. The largest absolute Gasteiger partial charge is 0.409 e. The first-order chi connectivity index (χ1) is 8.63. The van der Waals surface area contributed by atoms with E-state index in [2.05, 4.69) is 10.1 Å². The minimum Gasteiger partial charge on any atom is -0.409 e. The Bertz CT molecular complexity index is 471. The van der Waals surface area contributed by atoms with E-state index in [9.17, 15) is 4.79 Å². The lowest BCUT2D eigenvalue weighted by molar-refractivity contribution is 0.0705. The highest BCUT2D eigenvalue weighted by Crippen LogP contribution is 2.21. The van der Waals surface area contributed by atoms with E-state index in [0.717, 1.165) is 18.5 Å². The van der Waals surface area contributed by atoms with Crippen molar-refractivity contribution in [1.29, 1.82) is 0 Å². The molecule has 1 aliphatic heterocycles. The smallest absolute Gasteiger partial charge is 0.265 e. The summed E-state index contributed by atoms with van der Waals surface area (Å²) in [5.41, 5.74) is 8.05. The van der Waals surface area contributed by atoms with Crippen molar-refractivity contribution in [3.8, 4) is 0 Å². The van der Waals surface area contributed by atoms with Crippen molar-refractivity contribution in [3.05, 3.63) is 16.1 Å². The lowest BCUT2D eigenvalue weighted by Crippen LogP contribution is -2.44. The normalized spacial score (nSPS) is 21.1. The number of oxime groups is 1. The van der Waals surface area contributed by atoms with Crippen molar-refractivity contribution in [3.63, 3.8) is 0 Å². The second kappa shape index (κ2) is 5.34. The average molecular weight is 268 g/mol. The Kier molecular flexibility index (Phi) is 3.81. The third-order valence-electron chi connectivity index (χ3n) is 3.18. The van der Waals surface area contributed by atoms with Crippen molar-refractivity contribution >= 4 is 23.1 Å². The van der Waals surface area contributed by atoms with Crippen LogP contribution in [0.5, 0.6) is 0 Å². The molecule has 98 valence electrons. The zero-order valence-corrected chi connectivity index (χ0v) is 11.0. The summed E-state index contributed by atoms with van der Waals surface area (Å²) < 4.78 is 0. The Labute approximate surface area is 109 Å². The molecule has 0 radical (unpaired) electrons. The maximum atomic E-state index is 12.3. The fourth-order valence-electron chi connectivity index (χ4n) is 2.14. The number of aryl methyl sites for hydroxylation is 1. The first-order valence-corrected chi connectivity index (χ1v) is 6.68. The van der Waals surface area contributed by atoms with Gasteiger partial charge in [0.15, 0.2) is 0 Å². The Balaban J connectivity index is 2.10. The number of likely N-dealkylation sites (tertiary alicyclic amines) is 1. The van der Waals surface area contributed by atoms with Gasteiger partial charge in [-0.1, -0.05) is 5.16 Å². The third-order valence-corrected chi connectivity index (χ3v) is 4.10. The lowest BCUT2D eigenvalue weighted by Gasteiger charge is -2.31. The Morgan fingerprint density at radius 1 is 1.72 bits per heavy atom. The second-order valence-electron chi connectivity index (χ2n) is 4.38. The van der Waals surface area contributed by atoms with Gasteiger partial charge < -0.3 is 15.8 Å². The molecule has 1 unspecified atom stereocenters. The maximum Gasteiger partial charge on any atom is 0.265 e. The molecule has 3 N–H and O–H groups in total. The first-order valence-electron chi connectivity index (χ1n) is 5.80. The minimum absolute atomic E-state index is 0.00885. The van der Waals surface area contributed by atoms with Gasteiger partial charge in [0, 0.05) is 19.0 Å². The van der Waals surface area contributed by atoms with Crippen LogP contribution < -0.4 is 5.73 Å². The van der Waals surface area contributed by atoms with Crippen molar-refractivity contribution in [2.24, 2.45) is 16.8 Å². The van der Waals surface area contributed by atoms with Crippen molar-refractivity contribution in [2.75, 3.05) is 13.1 Å². The van der Waals surface area contributed by atoms with E-state index >= 15 is 0 Å². The standard InChI is InChI=1S/C11H16N4O2S/c1-7-9(18-6-13-7)11(16)15-4-2-3-8(5-15)10(12)14-17/h6,8,17H,2-5H2,1H3,(H2,12,14). The third kappa shape index (κ3) is 2.45. The van der Waals surface area contributed by atoms with Crippen LogP contribution in [-0.2, 0) is 0 Å². The van der Waals surface area contributed by atoms with Crippen molar-refractivity contribution in [2.45, 2.75) is 19.8 Å². The maximum absolute atomic E-state index is 12.3. The van der Waals surface area contributed by atoms with Gasteiger partial charge >= 0.3 is 0 Å². The molecule has 0 spiro atoms. The van der Waals surface area contributed by atoms with E-state index in [4.69, 9.17) is 10.9 Å². The number of amidine groups is 1. The fraction of sp³-hybridized carbons (Fsp3) is 0.545. The molecule has 1 atom stereocenters. The molecule has 1 fully saturated rings. The van der Waals surface area contributed by atoms with Gasteiger partial charge in [-0.2, -0.15) is 0 Å². The van der Waals surface area contributed by atoms with E-state index in [1.807, 2.05) is 6.92 Å². The molecule has 0 aliphatic carbocycles. The molecule has 7 heteroatoms. The number of hydrogen-bond donors (Lipinski definition) is 2. The highest BCUT2D eigenvalue weighted by Gasteiger charge is 2.28. The van der Waals surface area contributed by atoms with Gasteiger partial charge in [0.05, 0.1) is 11.2 Å². The fourth-order valence-corrected chi connectivity index (χ4v) is 2.90. The summed E-state index contributed by atoms with van der Waals surface area (Å²) in [5, 5.41) is 11.7. The number of thiazole rings is 1. The predicted octanol–water partition coefficient (Wildman–Crippen LogP) is 1.05. The number of piperidine rings is 1. The number of nitrogens with two attached hydrogens (primary N) is 1. The van der Waals surface area contributed by atoms with E-state index in [0.29, 0.717) is 18.0 Å². The summed E-state index contributed by atoms with van der Waals surface area (Å²) >= 11 is 1.35. The second-order valence-corrected chi connectivity index (χ2v) is 5.24. The Hall–Kier alpha value is -1.63. The molecule has 0 bridgehead atoms. The van der Waals surface area contributed by atoms with E-state index in [-0.39, 0.29) is 17.7 Å². The van der Waals surface area contributed by atoms with Crippen LogP contribution in [0.3, 0.4) is 0 Å². The quantitative estimate of drug-likeness (QED) is 0.363. The summed E-state index contributed by atoms with van der Waals surface area (Å²) in [6, 6.07) is 0. The molecule has 1 saturated heterocycles. The molecule has 1 aliphatic rings. The topological polar surface area (TPSA) is 91.8 Å². The molecule has 6 nitrogen and oxygen atoms in total. The minimum atomic E-state index is -0.0547. The number of carbonyl (C=O) groups excluding carboxylic acids is 1. The highest BCUT2D eigenvalue weighted by molar-refractivity contribution is 7.11. The van der Waals surface area contributed by atoms with Crippen LogP contribution in [0.25, 0.3) is 0 Å². The summed E-state index contributed by atoms with van der Waals surface area (Å²) in [4.78, 5) is 18.8. The summed E-state index contributed by atoms with van der Waals surface area (Å²) in [6.45, 7) is 3.05. The van der Waals surface area contributed by atoms with Gasteiger partial charge in [-0.25, -0.2) is 4.98 Å². The molecule has 1 amide bonds. The Morgan fingerprint density at radius 2 is 2.50 bits per heavy atom. The monoisotopic (exact) mass is 268 g/mol. The molecule has 2 rings (SSSR count). The van der Waals surface area contributed by atoms with Crippen LogP contribution >= 0.6 is 11.3 Å². The highest BCUT2D eigenvalue weighted by atomic mass is 32.1. The van der Waals surface area contributed by atoms with Gasteiger partial charge in [-0.15, -0.1) is 11.3 Å². The SMILES string of the molecule is Cc1ncsc1C(=O)N1CCCC(C(N)=NO)C1. The molecular weight excluding hydrogens is 252 g/mol. The van der Waals surface area contributed by atoms with Crippen LogP contribution in [0.1, 0.15) is 28.2 Å². The van der Waals surface area contributed by atoms with Crippen LogP contribution in [-0.4, -0.2) is 39.9 Å². The Morgan fingerprint density at radius 3 is 3.11 bits per heavy atom. The number of rotatable bonds is 2. The molecule has 0 saturated carbocycles. The summed E-state index contributed by atoms with van der Waals surface area (Å²) in [6.07, 6.45) is 1.71. The van der Waals surface area contributed by atoms with Crippen LogP contribution in [0.2, 0.25) is 0 Å². The van der Waals surface area contributed by atoms with Crippen molar-refractivity contribution < 1.29 is 10.0 Å². The van der Waals surface area contributed by atoms with Gasteiger partial charge in [0.2, 0.25) is 0 Å². The van der Waals surface area contributed by atoms with Gasteiger partial charge in [-0.3, -0.25) is 4.79 Å².